The number of piperazine rings is 1. The fourth-order valence-corrected chi connectivity index (χ4v) is 4.47. The van der Waals surface area contributed by atoms with Crippen LogP contribution in [0.5, 0.6) is 0 Å². The van der Waals surface area contributed by atoms with Gasteiger partial charge in [0.15, 0.2) is 0 Å². The Morgan fingerprint density at radius 1 is 0.818 bits per heavy atom. The lowest BCUT2D eigenvalue weighted by molar-refractivity contribution is 0.0652. The highest BCUT2D eigenvalue weighted by Crippen LogP contribution is 2.40. The van der Waals surface area contributed by atoms with E-state index < -0.39 is 0 Å². The minimum atomic E-state index is 0.0898. The predicted molar refractivity (Wildman–Crippen MR) is 143 cm³/mol. The summed E-state index contributed by atoms with van der Waals surface area (Å²) < 4.78 is 5.40. The molecule has 1 N–H and O–H groups in total. The van der Waals surface area contributed by atoms with E-state index in [2.05, 4.69) is 58.3 Å². The quantitative estimate of drug-likeness (QED) is 0.545. The highest BCUT2D eigenvalue weighted by Gasteiger charge is 2.24. The molecule has 0 bridgehead atoms. The van der Waals surface area contributed by atoms with E-state index in [1.54, 1.807) is 11.8 Å². The number of amidine groups is 1. The zero-order chi connectivity index (χ0) is 24.5. The number of hydrogen-bond donors (Lipinski definition) is 1. The van der Waals surface area contributed by atoms with Gasteiger partial charge in [0.05, 0.1) is 25.5 Å². The van der Waals surface area contributed by atoms with Gasteiger partial charge in [-0.05, 0) is 18.2 Å². The van der Waals surface area contributed by atoms with Crippen LogP contribution in [0.2, 0.25) is 0 Å². The van der Waals surface area contributed by atoms with Gasteiger partial charge in [0.25, 0.3) is 0 Å². The molecule has 2 aliphatic heterocycles. The molecular weight excluding hydrogens is 430 g/mol. The average Bonchev–Trinajstić information content (AvgIpc) is 3.07. The summed E-state index contributed by atoms with van der Waals surface area (Å²) in [7, 11) is 0. The molecule has 0 amide bonds. The van der Waals surface area contributed by atoms with E-state index in [9.17, 15) is 0 Å². The smallest absolute Gasteiger partial charge is 0.137 e. The van der Waals surface area contributed by atoms with E-state index in [1.807, 2.05) is 41.5 Å². The van der Waals surface area contributed by atoms with Gasteiger partial charge < -0.3 is 14.7 Å². The number of para-hydroxylation sites is 1. The highest BCUT2D eigenvalue weighted by atomic mass is 32.2. The maximum atomic E-state index is 8.79. The maximum absolute atomic E-state index is 8.79. The Bertz CT molecular complexity index is 805. The van der Waals surface area contributed by atoms with Crippen molar-refractivity contribution < 1.29 is 9.84 Å². The molecule has 0 atom stereocenters. The Labute approximate surface area is 205 Å². The highest BCUT2D eigenvalue weighted by molar-refractivity contribution is 7.99. The van der Waals surface area contributed by atoms with E-state index >= 15 is 0 Å². The van der Waals surface area contributed by atoms with Crippen molar-refractivity contribution in [2.45, 2.75) is 51.3 Å². The molecule has 2 aromatic carbocycles. The van der Waals surface area contributed by atoms with Crippen molar-refractivity contribution >= 4 is 23.3 Å². The number of aliphatic hydroxyl groups is 1. The summed E-state index contributed by atoms with van der Waals surface area (Å²) in [6.45, 7) is 18.0. The lowest BCUT2D eigenvalue weighted by Gasteiger charge is -2.36. The molecule has 0 radical (unpaired) electrons. The van der Waals surface area contributed by atoms with Crippen molar-refractivity contribution in [2.24, 2.45) is 4.99 Å². The minimum absolute atomic E-state index is 0.0898. The van der Waals surface area contributed by atoms with E-state index in [1.165, 1.54) is 15.4 Å². The molecule has 0 saturated carbocycles. The SMILES string of the molecule is CC.CC.CC.OCCOCCN1CCN(C2=Nc3ccccc3Sc3ccccc32)CC1. The van der Waals surface area contributed by atoms with Crippen LogP contribution in [0, 0.1) is 0 Å². The van der Waals surface area contributed by atoms with Crippen LogP contribution >= 0.6 is 11.8 Å². The van der Waals surface area contributed by atoms with Crippen molar-refractivity contribution in [2.75, 3.05) is 52.5 Å². The molecule has 184 valence electrons. The van der Waals surface area contributed by atoms with Crippen LogP contribution in [-0.2, 0) is 4.74 Å². The standard InChI is InChI=1S/C21H25N3O2S.3C2H6/c25-14-16-26-15-13-23-9-11-24(12-10-23)21-17-5-1-3-7-19(17)27-20-8-4-2-6-18(20)22-21;3*1-2/h1-8,25H,9-16H2;3*1-2H3. The van der Waals surface area contributed by atoms with Crippen molar-refractivity contribution in [1.29, 1.82) is 0 Å². The second kappa shape index (κ2) is 17.6. The topological polar surface area (TPSA) is 48.3 Å². The van der Waals surface area contributed by atoms with Gasteiger partial charge in [-0.1, -0.05) is 83.6 Å². The fourth-order valence-electron chi connectivity index (χ4n) is 3.45. The van der Waals surface area contributed by atoms with Gasteiger partial charge >= 0.3 is 0 Å². The monoisotopic (exact) mass is 473 g/mol. The van der Waals surface area contributed by atoms with Crippen molar-refractivity contribution in [3.63, 3.8) is 0 Å². The maximum Gasteiger partial charge on any atom is 0.137 e. The first-order valence-corrected chi connectivity index (χ1v) is 13.3. The van der Waals surface area contributed by atoms with Crippen LogP contribution in [0.1, 0.15) is 47.1 Å². The Balaban J connectivity index is 0.000000841. The third-order valence-corrected chi connectivity index (χ3v) is 6.04. The van der Waals surface area contributed by atoms with Gasteiger partial charge in [-0.3, -0.25) is 4.90 Å². The average molecular weight is 474 g/mol. The number of rotatable bonds is 5. The molecule has 33 heavy (non-hydrogen) atoms. The summed E-state index contributed by atoms with van der Waals surface area (Å²) >= 11 is 1.80. The van der Waals surface area contributed by atoms with Crippen molar-refractivity contribution in [3.05, 3.63) is 54.1 Å². The van der Waals surface area contributed by atoms with Crippen LogP contribution in [0.3, 0.4) is 0 Å². The van der Waals surface area contributed by atoms with Gasteiger partial charge in [-0.25, -0.2) is 4.99 Å². The first-order valence-electron chi connectivity index (χ1n) is 12.5. The van der Waals surface area contributed by atoms with Crippen LogP contribution < -0.4 is 0 Å². The van der Waals surface area contributed by atoms with E-state index in [0.717, 1.165) is 44.2 Å². The van der Waals surface area contributed by atoms with Crippen LogP contribution in [0.15, 0.2) is 63.3 Å². The van der Waals surface area contributed by atoms with Crippen LogP contribution in [-0.4, -0.2) is 73.3 Å². The second-order valence-corrected chi connectivity index (χ2v) is 7.75. The van der Waals surface area contributed by atoms with E-state index in [0.29, 0.717) is 13.2 Å². The molecule has 2 aliphatic rings. The largest absolute Gasteiger partial charge is 0.394 e. The van der Waals surface area contributed by atoms with Crippen LogP contribution in [0.4, 0.5) is 5.69 Å². The van der Waals surface area contributed by atoms with Gasteiger partial charge in [-0.15, -0.1) is 0 Å². The van der Waals surface area contributed by atoms with E-state index in [-0.39, 0.29) is 6.61 Å². The molecule has 1 saturated heterocycles. The first kappa shape index (κ1) is 29.2. The second-order valence-electron chi connectivity index (χ2n) is 6.67. The normalized spacial score (nSPS) is 14.5. The molecule has 0 spiro atoms. The first-order chi connectivity index (χ1) is 16.3. The lowest BCUT2D eigenvalue weighted by Crippen LogP contribution is -2.49. The molecular formula is C27H43N3O2S. The number of benzene rings is 2. The zero-order valence-corrected chi connectivity index (χ0v) is 22.2. The van der Waals surface area contributed by atoms with Gasteiger partial charge in [0.1, 0.15) is 5.84 Å². The third kappa shape index (κ3) is 8.78. The number of nitrogens with zero attached hydrogens (tertiary/aromatic N) is 3. The molecule has 2 aromatic rings. The number of fused-ring (bicyclic) bond motifs is 2. The summed E-state index contributed by atoms with van der Waals surface area (Å²) in [6.07, 6.45) is 0. The Morgan fingerprint density at radius 3 is 2.09 bits per heavy atom. The van der Waals surface area contributed by atoms with Crippen molar-refractivity contribution in [1.82, 2.24) is 9.80 Å². The Morgan fingerprint density at radius 2 is 1.42 bits per heavy atom. The fraction of sp³-hybridized carbons (Fsp3) is 0.519. The Kier molecular flexibility index (Phi) is 15.6. The number of aliphatic hydroxyl groups excluding tert-OH is 1. The van der Waals surface area contributed by atoms with Crippen molar-refractivity contribution in [3.8, 4) is 0 Å². The summed E-state index contributed by atoms with van der Waals surface area (Å²) in [5.41, 5.74) is 2.27. The van der Waals surface area contributed by atoms with Gasteiger partial charge in [0, 0.05) is 48.1 Å². The summed E-state index contributed by atoms with van der Waals surface area (Å²) in [5, 5.41) is 8.79. The van der Waals surface area contributed by atoms with Crippen LogP contribution in [0.25, 0.3) is 0 Å². The zero-order valence-electron chi connectivity index (χ0n) is 21.4. The van der Waals surface area contributed by atoms with Gasteiger partial charge in [-0.2, -0.15) is 0 Å². The van der Waals surface area contributed by atoms with E-state index in [4.69, 9.17) is 14.8 Å². The summed E-state index contributed by atoms with van der Waals surface area (Å²) in [5.74, 6) is 1.08. The number of hydrogen-bond acceptors (Lipinski definition) is 6. The minimum Gasteiger partial charge on any atom is -0.394 e. The molecule has 0 aliphatic carbocycles. The molecule has 2 heterocycles. The molecule has 1 fully saturated rings. The molecule has 6 heteroatoms. The lowest BCUT2D eigenvalue weighted by atomic mass is 10.1. The molecule has 5 nitrogen and oxygen atoms in total. The number of aliphatic imine (C=N–C) groups is 1. The predicted octanol–water partition coefficient (Wildman–Crippen LogP) is 5.93. The summed E-state index contributed by atoms with van der Waals surface area (Å²) in [4.78, 5) is 12.4. The summed E-state index contributed by atoms with van der Waals surface area (Å²) in [6, 6.07) is 16.9. The molecule has 4 rings (SSSR count). The van der Waals surface area contributed by atoms with Gasteiger partial charge in [0.2, 0.25) is 0 Å². The third-order valence-electron chi connectivity index (χ3n) is 4.90. The number of ether oxygens (including phenoxy) is 1. The molecule has 0 unspecified atom stereocenters. The molecule has 0 aromatic heterocycles. The Hall–Kier alpha value is -1.86.